The van der Waals surface area contributed by atoms with Crippen LogP contribution >= 0.6 is 0 Å². The molecule has 0 saturated heterocycles. The molecule has 0 bridgehead atoms. The van der Waals surface area contributed by atoms with Crippen LogP contribution in [0.15, 0.2) is 24.3 Å². The Labute approximate surface area is 102 Å². The van der Waals surface area contributed by atoms with E-state index < -0.39 is 18.4 Å². The molecule has 0 N–H and O–H groups in total. The van der Waals surface area contributed by atoms with Gasteiger partial charge < -0.3 is 9.47 Å². The molecule has 1 heterocycles. The van der Waals surface area contributed by atoms with Crippen molar-refractivity contribution in [3.05, 3.63) is 29.8 Å². The Morgan fingerprint density at radius 1 is 1.33 bits per heavy atom. The Bertz CT molecular complexity index is 442. The topological polar surface area (TPSA) is 35.5 Å². The lowest BCUT2D eigenvalue weighted by molar-refractivity contribution is -0.216. The quantitative estimate of drug-likeness (QED) is 0.728. The number of carbonyl (C=O) groups is 1. The summed E-state index contributed by atoms with van der Waals surface area (Å²) in [6.45, 7) is 0. The molecule has 0 saturated carbocycles. The highest BCUT2D eigenvalue weighted by Crippen LogP contribution is 2.28. The van der Waals surface area contributed by atoms with Crippen molar-refractivity contribution in [2.45, 2.75) is 31.7 Å². The lowest BCUT2D eigenvalue weighted by Gasteiger charge is -2.18. The molecular weight excluding hydrogens is 249 g/mol. The highest BCUT2D eigenvalue weighted by molar-refractivity contribution is 5.75. The largest absolute Gasteiger partial charge is 0.491 e. The Kier molecular flexibility index (Phi) is 3.45. The van der Waals surface area contributed by atoms with Gasteiger partial charge in [-0.3, -0.25) is 0 Å². The van der Waals surface area contributed by atoms with Crippen LogP contribution in [0.2, 0.25) is 0 Å². The van der Waals surface area contributed by atoms with Crippen molar-refractivity contribution in [3.8, 4) is 5.75 Å². The zero-order chi connectivity index (χ0) is 13.2. The van der Waals surface area contributed by atoms with E-state index in [0.717, 1.165) is 5.56 Å². The molecule has 0 amide bonds. The van der Waals surface area contributed by atoms with E-state index in [-0.39, 0.29) is 6.42 Å². The number of carbonyl (C=O) groups excluding carboxylic acids is 1. The third-order valence-corrected chi connectivity index (χ3v) is 2.59. The van der Waals surface area contributed by atoms with E-state index in [1.54, 1.807) is 12.1 Å². The SMILES string of the molecule is O=C(OC1CCCc2ccccc2O1)C(F)(F)F. The molecular formula is C12H11F3O3. The Hall–Kier alpha value is -1.72. The van der Waals surface area contributed by atoms with Gasteiger partial charge in [-0.2, -0.15) is 13.2 Å². The fraction of sp³-hybridized carbons (Fsp3) is 0.417. The number of para-hydroxylation sites is 1. The summed E-state index contributed by atoms with van der Waals surface area (Å²) in [6.07, 6.45) is -4.63. The van der Waals surface area contributed by atoms with Crippen LogP contribution in [-0.2, 0) is 16.0 Å². The van der Waals surface area contributed by atoms with E-state index in [1.165, 1.54) is 0 Å². The van der Waals surface area contributed by atoms with Crippen LogP contribution in [0.3, 0.4) is 0 Å². The Morgan fingerprint density at radius 3 is 2.78 bits per heavy atom. The van der Waals surface area contributed by atoms with E-state index in [2.05, 4.69) is 4.74 Å². The predicted octanol–water partition coefficient (Wildman–Crippen LogP) is 2.83. The molecule has 0 aliphatic carbocycles. The van der Waals surface area contributed by atoms with Crippen LogP contribution in [0.5, 0.6) is 5.75 Å². The van der Waals surface area contributed by atoms with Gasteiger partial charge in [-0.25, -0.2) is 4.79 Å². The Balaban J connectivity index is 2.07. The zero-order valence-corrected chi connectivity index (χ0v) is 9.37. The number of aryl methyl sites for hydroxylation is 1. The number of alkyl halides is 3. The number of hydrogen-bond donors (Lipinski definition) is 0. The number of fused-ring (bicyclic) bond motifs is 1. The standard InChI is InChI=1S/C12H11F3O3/c13-12(14,15)11(16)18-10-7-3-5-8-4-1-2-6-9(8)17-10/h1-2,4,6,10H,3,5,7H2. The summed E-state index contributed by atoms with van der Waals surface area (Å²) in [5, 5.41) is 0. The molecule has 1 aliphatic rings. The second-order valence-electron chi connectivity index (χ2n) is 3.95. The smallest absolute Gasteiger partial charge is 0.454 e. The molecule has 0 aromatic heterocycles. The molecule has 1 aromatic carbocycles. The molecule has 6 heteroatoms. The van der Waals surface area contributed by atoms with Gasteiger partial charge in [0.15, 0.2) is 0 Å². The average Bonchev–Trinajstić information content (AvgIpc) is 2.49. The zero-order valence-electron chi connectivity index (χ0n) is 9.37. The molecule has 2 rings (SSSR count). The highest BCUT2D eigenvalue weighted by Gasteiger charge is 2.42. The molecule has 1 unspecified atom stereocenters. The number of halogens is 3. The molecule has 0 spiro atoms. The maximum atomic E-state index is 12.1. The number of benzene rings is 1. The average molecular weight is 260 g/mol. The second-order valence-corrected chi connectivity index (χ2v) is 3.95. The maximum absolute atomic E-state index is 12.1. The third kappa shape index (κ3) is 2.94. The monoisotopic (exact) mass is 260 g/mol. The van der Waals surface area contributed by atoms with Crippen LogP contribution in [0.1, 0.15) is 18.4 Å². The summed E-state index contributed by atoms with van der Waals surface area (Å²) < 4.78 is 45.8. The van der Waals surface area contributed by atoms with E-state index in [9.17, 15) is 18.0 Å². The van der Waals surface area contributed by atoms with Crippen molar-refractivity contribution in [1.29, 1.82) is 0 Å². The van der Waals surface area contributed by atoms with Gasteiger partial charge in [0.05, 0.1) is 0 Å². The molecule has 3 nitrogen and oxygen atoms in total. The summed E-state index contributed by atoms with van der Waals surface area (Å²) in [5.74, 6) is -1.75. The number of esters is 1. The van der Waals surface area contributed by atoms with Crippen LogP contribution in [0.4, 0.5) is 13.2 Å². The predicted molar refractivity (Wildman–Crippen MR) is 55.9 cm³/mol. The van der Waals surface area contributed by atoms with Crippen molar-refractivity contribution >= 4 is 5.97 Å². The summed E-state index contributed by atoms with van der Waals surface area (Å²) in [5.41, 5.74) is 0.906. The van der Waals surface area contributed by atoms with Crippen molar-refractivity contribution in [2.24, 2.45) is 0 Å². The highest BCUT2D eigenvalue weighted by atomic mass is 19.4. The van der Waals surface area contributed by atoms with Crippen molar-refractivity contribution < 1.29 is 27.4 Å². The Morgan fingerprint density at radius 2 is 2.06 bits per heavy atom. The van der Waals surface area contributed by atoms with Gasteiger partial charge in [-0.15, -0.1) is 0 Å². The van der Waals surface area contributed by atoms with Crippen LogP contribution < -0.4 is 4.74 Å². The van der Waals surface area contributed by atoms with Gasteiger partial charge in [-0.05, 0) is 24.5 Å². The fourth-order valence-corrected chi connectivity index (χ4v) is 1.75. The summed E-state index contributed by atoms with van der Waals surface area (Å²) in [7, 11) is 0. The van der Waals surface area contributed by atoms with Crippen LogP contribution in [0, 0.1) is 0 Å². The minimum absolute atomic E-state index is 0.247. The van der Waals surface area contributed by atoms with Gasteiger partial charge in [0, 0.05) is 6.42 Å². The van der Waals surface area contributed by atoms with E-state index in [0.29, 0.717) is 18.6 Å². The molecule has 1 aliphatic heterocycles. The van der Waals surface area contributed by atoms with Crippen molar-refractivity contribution in [2.75, 3.05) is 0 Å². The lowest BCUT2D eigenvalue weighted by Crippen LogP contribution is -2.32. The maximum Gasteiger partial charge on any atom is 0.491 e. The first-order chi connectivity index (χ1) is 8.47. The van der Waals surface area contributed by atoms with Gasteiger partial charge in [0.2, 0.25) is 6.29 Å². The van der Waals surface area contributed by atoms with E-state index >= 15 is 0 Å². The number of hydrogen-bond acceptors (Lipinski definition) is 3. The molecule has 1 aromatic rings. The van der Waals surface area contributed by atoms with Crippen LogP contribution in [0.25, 0.3) is 0 Å². The van der Waals surface area contributed by atoms with Crippen molar-refractivity contribution in [3.63, 3.8) is 0 Å². The molecule has 0 fully saturated rings. The molecule has 1 atom stereocenters. The number of rotatable bonds is 1. The second kappa shape index (κ2) is 4.88. The molecule has 18 heavy (non-hydrogen) atoms. The number of ether oxygens (including phenoxy) is 2. The van der Waals surface area contributed by atoms with Gasteiger partial charge in [0.25, 0.3) is 0 Å². The first kappa shape index (κ1) is 12.7. The minimum Gasteiger partial charge on any atom is -0.454 e. The molecule has 98 valence electrons. The fourth-order valence-electron chi connectivity index (χ4n) is 1.75. The minimum atomic E-state index is -4.99. The normalized spacial score (nSPS) is 19.4. The summed E-state index contributed by atoms with van der Waals surface area (Å²) in [4.78, 5) is 10.7. The van der Waals surface area contributed by atoms with Crippen LogP contribution in [-0.4, -0.2) is 18.4 Å². The summed E-state index contributed by atoms with van der Waals surface area (Å²) in [6, 6.07) is 7.02. The first-order valence-electron chi connectivity index (χ1n) is 5.49. The lowest BCUT2D eigenvalue weighted by atomic mass is 10.1. The third-order valence-electron chi connectivity index (χ3n) is 2.59. The van der Waals surface area contributed by atoms with Gasteiger partial charge in [-0.1, -0.05) is 18.2 Å². The van der Waals surface area contributed by atoms with Gasteiger partial charge >= 0.3 is 12.1 Å². The van der Waals surface area contributed by atoms with Crippen molar-refractivity contribution in [1.82, 2.24) is 0 Å². The molecule has 0 radical (unpaired) electrons. The van der Waals surface area contributed by atoms with Gasteiger partial charge in [0.1, 0.15) is 5.75 Å². The van der Waals surface area contributed by atoms with E-state index in [1.807, 2.05) is 12.1 Å². The summed E-state index contributed by atoms with van der Waals surface area (Å²) >= 11 is 0. The van der Waals surface area contributed by atoms with E-state index in [4.69, 9.17) is 4.74 Å². The first-order valence-corrected chi connectivity index (χ1v) is 5.49.